The van der Waals surface area contributed by atoms with Crippen LogP contribution in [-0.2, 0) is 0 Å². The Morgan fingerprint density at radius 3 is 2.75 bits per heavy atom. The van der Waals surface area contributed by atoms with Gasteiger partial charge in [0.1, 0.15) is 0 Å². The topological polar surface area (TPSA) is 12.4 Å². The maximum absolute atomic E-state index is 4.47. The summed E-state index contributed by atoms with van der Waals surface area (Å²) in [6, 6.07) is 0. The van der Waals surface area contributed by atoms with Crippen LogP contribution in [0.4, 0.5) is 0 Å². The average Bonchev–Trinajstić information content (AvgIpc) is 2.26. The highest BCUT2D eigenvalue weighted by Crippen LogP contribution is 2.29. The van der Waals surface area contributed by atoms with Gasteiger partial charge in [-0.15, -0.1) is 0 Å². The van der Waals surface area contributed by atoms with E-state index in [4.69, 9.17) is 0 Å². The minimum Gasteiger partial charge on any atom is -0.261 e. The molecule has 1 nitrogen and oxygen atoms in total. The Hall–Kier alpha value is -1.37. The van der Waals surface area contributed by atoms with Crippen LogP contribution in [0.1, 0.15) is 34.1 Å². The van der Waals surface area contributed by atoms with Crippen LogP contribution in [0.5, 0.6) is 0 Å². The summed E-state index contributed by atoms with van der Waals surface area (Å²) in [6.07, 6.45) is 9.28. The Balaban J connectivity index is 3.21. The second-order valence-corrected chi connectivity index (χ2v) is 4.36. The predicted molar refractivity (Wildman–Crippen MR) is 72.7 cm³/mol. The van der Waals surface area contributed by atoms with Crippen LogP contribution in [0, 0.1) is 5.92 Å². The van der Waals surface area contributed by atoms with E-state index in [0.29, 0.717) is 5.92 Å². The molecular formula is C15H21N. The van der Waals surface area contributed by atoms with Crippen molar-refractivity contribution in [3.8, 4) is 0 Å². The van der Waals surface area contributed by atoms with Gasteiger partial charge in [-0.3, -0.25) is 4.99 Å². The Bertz CT molecular complexity index is 392. The molecule has 0 spiro atoms. The van der Waals surface area contributed by atoms with Crippen LogP contribution in [0.15, 0.2) is 52.2 Å². The Morgan fingerprint density at radius 1 is 1.56 bits per heavy atom. The van der Waals surface area contributed by atoms with Crippen molar-refractivity contribution < 1.29 is 0 Å². The fourth-order valence-electron chi connectivity index (χ4n) is 1.95. The number of hydrogen-bond acceptors (Lipinski definition) is 1. The van der Waals surface area contributed by atoms with Crippen LogP contribution < -0.4 is 0 Å². The molecule has 86 valence electrons. The molecule has 1 heteroatoms. The summed E-state index contributed by atoms with van der Waals surface area (Å²) >= 11 is 0. The Labute approximate surface area is 99.0 Å². The molecule has 16 heavy (non-hydrogen) atoms. The van der Waals surface area contributed by atoms with Gasteiger partial charge in [0.25, 0.3) is 0 Å². The highest BCUT2D eigenvalue weighted by Gasteiger charge is 2.13. The summed E-state index contributed by atoms with van der Waals surface area (Å²) in [5.74, 6) is 0.639. The van der Waals surface area contributed by atoms with E-state index < -0.39 is 0 Å². The van der Waals surface area contributed by atoms with E-state index in [9.17, 15) is 0 Å². The summed E-state index contributed by atoms with van der Waals surface area (Å²) in [4.78, 5) is 4.47. The highest BCUT2D eigenvalue weighted by molar-refractivity contribution is 5.60. The van der Waals surface area contributed by atoms with Crippen molar-refractivity contribution in [1.29, 1.82) is 0 Å². The monoisotopic (exact) mass is 215 g/mol. The first kappa shape index (κ1) is 12.7. The number of aliphatic imine (C=N–C) groups is 1. The second-order valence-electron chi connectivity index (χ2n) is 4.36. The fraction of sp³-hybridized carbons (Fsp3) is 0.400. The van der Waals surface area contributed by atoms with Crippen LogP contribution in [0.3, 0.4) is 0 Å². The zero-order chi connectivity index (χ0) is 12.1. The van der Waals surface area contributed by atoms with E-state index in [-0.39, 0.29) is 0 Å². The second kappa shape index (κ2) is 5.64. The molecule has 1 aliphatic rings. The average molecular weight is 215 g/mol. The molecule has 1 rings (SSSR count). The van der Waals surface area contributed by atoms with E-state index in [0.717, 1.165) is 17.7 Å². The molecule has 0 saturated heterocycles. The normalized spacial score (nSPS) is 22.6. The van der Waals surface area contributed by atoms with E-state index in [2.05, 4.69) is 44.5 Å². The van der Waals surface area contributed by atoms with Gasteiger partial charge < -0.3 is 0 Å². The zero-order valence-electron chi connectivity index (χ0n) is 10.7. The van der Waals surface area contributed by atoms with Crippen LogP contribution in [0.2, 0.25) is 0 Å². The van der Waals surface area contributed by atoms with Crippen molar-refractivity contribution in [2.75, 3.05) is 0 Å². The number of rotatable bonds is 3. The molecule has 1 atom stereocenters. The molecule has 0 aromatic rings. The summed E-state index contributed by atoms with van der Waals surface area (Å²) in [5, 5.41) is 0. The largest absolute Gasteiger partial charge is 0.261 e. The number of allylic oxidation sites excluding steroid dienone is 5. The summed E-state index contributed by atoms with van der Waals surface area (Å²) in [5.41, 5.74) is 4.86. The van der Waals surface area contributed by atoms with Crippen LogP contribution in [-0.4, -0.2) is 6.21 Å². The Morgan fingerprint density at radius 2 is 2.25 bits per heavy atom. The first-order valence-electron chi connectivity index (χ1n) is 5.80. The van der Waals surface area contributed by atoms with Crippen molar-refractivity contribution in [3.05, 3.63) is 47.2 Å². The molecule has 1 unspecified atom stereocenters. The predicted octanol–water partition coefficient (Wildman–Crippen LogP) is 4.45. The minimum absolute atomic E-state index is 0.639. The smallest absolute Gasteiger partial charge is 0.0726 e. The summed E-state index contributed by atoms with van der Waals surface area (Å²) in [7, 11) is 0. The molecule has 1 aliphatic carbocycles. The van der Waals surface area contributed by atoms with Gasteiger partial charge >= 0.3 is 0 Å². The van der Waals surface area contributed by atoms with Gasteiger partial charge in [-0.25, -0.2) is 0 Å². The molecule has 0 saturated carbocycles. The zero-order valence-corrected chi connectivity index (χ0v) is 10.7. The van der Waals surface area contributed by atoms with Gasteiger partial charge in [0.05, 0.1) is 5.70 Å². The molecule has 0 aromatic heterocycles. The van der Waals surface area contributed by atoms with Crippen molar-refractivity contribution in [2.24, 2.45) is 10.9 Å². The van der Waals surface area contributed by atoms with E-state index in [1.54, 1.807) is 0 Å². The standard InChI is InChI=1S/C15H21N/c1-6-12(4)15(16-7-2)14-9-8-11(3)10-13(14)5/h6-9,11H,1,10H2,2-5H3/b15-12-,16-7?. The molecule has 0 aromatic carbocycles. The van der Waals surface area contributed by atoms with Gasteiger partial charge in [-0.2, -0.15) is 0 Å². The molecule has 0 radical (unpaired) electrons. The van der Waals surface area contributed by atoms with Gasteiger partial charge in [0, 0.05) is 6.21 Å². The first-order valence-corrected chi connectivity index (χ1v) is 5.80. The molecule has 0 aliphatic heterocycles. The quantitative estimate of drug-likeness (QED) is 0.487. The third-order valence-corrected chi connectivity index (χ3v) is 2.87. The van der Waals surface area contributed by atoms with Crippen LogP contribution >= 0.6 is 0 Å². The molecule has 0 heterocycles. The Kier molecular flexibility index (Phi) is 4.48. The summed E-state index contributed by atoms with van der Waals surface area (Å²) in [6.45, 7) is 12.3. The lowest BCUT2D eigenvalue weighted by atomic mass is 9.89. The highest BCUT2D eigenvalue weighted by atomic mass is 14.7. The van der Waals surface area contributed by atoms with Crippen molar-refractivity contribution >= 4 is 6.21 Å². The first-order chi connectivity index (χ1) is 7.60. The molecular weight excluding hydrogens is 194 g/mol. The maximum Gasteiger partial charge on any atom is 0.0726 e. The van der Waals surface area contributed by atoms with Crippen LogP contribution in [0.25, 0.3) is 0 Å². The van der Waals surface area contributed by atoms with E-state index in [1.165, 1.54) is 11.1 Å². The number of nitrogens with zero attached hydrogens (tertiary/aromatic N) is 1. The maximum atomic E-state index is 4.47. The molecule has 0 bridgehead atoms. The molecule has 0 fully saturated rings. The van der Waals surface area contributed by atoms with Crippen molar-refractivity contribution in [1.82, 2.24) is 0 Å². The third kappa shape index (κ3) is 2.82. The van der Waals surface area contributed by atoms with Crippen molar-refractivity contribution in [3.63, 3.8) is 0 Å². The molecule has 0 N–H and O–H groups in total. The van der Waals surface area contributed by atoms with Gasteiger partial charge in [-0.05, 0) is 44.3 Å². The lowest BCUT2D eigenvalue weighted by molar-refractivity contribution is 0.700. The van der Waals surface area contributed by atoms with E-state index >= 15 is 0 Å². The van der Waals surface area contributed by atoms with Gasteiger partial charge in [0.2, 0.25) is 0 Å². The lowest BCUT2D eigenvalue weighted by Gasteiger charge is -2.18. The van der Waals surface area contributed by atoms with Gasteiger partial charge in [-0.1, -0.05) is 37.3 Å². The molecule has 0 amide bonds. The fourth-order valence-corrected chi connectivity index (χ4v) is 1.95. The number of hydrogen-bond donors (Lipinski definition) is 0. The SMILES string of the molecule is C=C/C(C)=C(\N=CC)C1=C(C)CC(C)C=C1. The summed E-state index contributed by atoms with van der Waals surface area (Å²) < 4.78 is 0. The van der Waals surface area contributed by atoms with Gasteiger partial charge in [0.15, 0.2) is 0 Å². The van der Waals surface area contributed by atoms with E-state index in [1.807, 2.05) is 19.2 Å². The third-order valence-electron chi connectivity index (χ3n) is 2.87. The van der Waals surface area contributed by atoms with Crippen molar-refractivity contribution in [2.45, 2.75) is 34.1 Å². The minimum atomic E-state index is 0.639. The lowest BCUT2D eigenvalue weighted by Crippen LogP contribution is -2.02.